The Kier molecular flexibility index (Phi) is 8.10. The lowest BCUT2D eigenvalue weighted by atomic mass is 10.1. The van der Waals surface area contributed by atoms with E-state index in [1.54, 1.807) is 65.8 Å². The number of benzene rings is 1. The van der Waals surface area contributed by atoms with Crippen LogP contribution in [-0.4, -0.2) is 45.7 Å². The van der Waals surface area contributed by atoms with E-state index in [-0.39, 0.29) is 17.4 Å². The first-order valence-corrected chi connectivity index (χ1v) is 10.6. The van der Waals surface area contributed by atoms with Gasteiger partial charge >= 0.3 is 19.5 Å². The molecule has 0 radical (unpaired) electrons. The highest BCUT2D eigenvalue weighted by atomic mass is 32.1. The molecule has 0 aliphatic heterocycles. The van der Waals surface area contributed by atoms with E-state index in [0.717, 1.165) is 11.3 Å². The first kappa shape index (κ1) is 25.4. The van der Waals surface area contributed by atoms with Crippen molar-refractivity contribution in [2.24, 2.45) is 0 Å². The summed E-state index contributed by atoms with van der Waals surface area (Å²) in [6.07, 6.45) is -1.26. The average Bonchev–Trinajstić information content (AvgIpc) is 2.99. The number of carbonyl (C=O) groups is 2. The molecule has 0 fully saturated rings. The second-order valence-corrected chi connectivity index (χ2v) is 9.83. The van der Waals surface area contributed by atoms with Crippen LogP contribution in [0.15, 0.2) is 24.3 Å². The fourth-order valence-electron chi connectivity index (χ4n) is 2.45. The molecule has 4 N–H and O–H groups in total. The molecule has 174 valence electrons. The molecule has 10 nitrogen and oxygen atoms in total. The van der Waals surface area contributed by atoms with Crippen LogP contribution in [0.3, 0.4) is 0 Å². The highest BCUT2D eigenvalue weighted by molar-refractivity contribution is 7.16. The SMILES string of the molecule is CC(C)(C)OC(=O)NCc1sc(NC(=O)OC(C)(C)C)nc1-c1cccc(OB(O)O)c1. The zero-order valence-corrected chi connectivity index (χ0v) is 19.7. The Labute approximate surface area is 191 Å². The Morgan fingerprint density at radius 1 is 1.06 bits per heavy atom. The molecule has 0 aliphatic rings. The Bertz CT molecular complexity index is 951. The lowest BCUT2D eigenvalue weighted by Gasteiger charge is -2.19. The number of ether oxygens (including phenoxy) is 2. The van der Waals surface area contributed by atoms with Crippen molar-refractivity contribution >= 4 is 36.0 Å². The summed E-state index contributed by atoms with van der Waals surface area (Å²) in [7, 11) is -1.97. The monoisotopic (exact) mass is 465 g/mol. The van der Waals surface area contributed by atoms with E-state index in [9.17, 15) is 9.59 Å². The van der Waals surface area contributed by atoms with Gasteiger partial charge in [-0.25, -0.2) is 14.6 Å². The number of rotatable bonds is 6. The van der Waals surface area contributed by atoms with Crippen molar-refractivity contribution in [2.75, 3.05) is 5.32 Å². The average molecular weight is 465 g/mol. The van der Waals surface area contributed by atoms with Crippen LogP contribution >= 0.6 is 11.3 Å². The van der Waals surface area contributed by atoms with Gasteiger partial charge in [0, 0.05) is 5.56 Å². The van der Waals surface area contributed by atoms with Crippen molar-refractivity contribution in [2.45, 2.75) is 59.3 Å². The molecule has 32 heavy (non-hydrogen) atoms. The molecule has 0 atom stereocenters. The molecule has 2 amide bonds. The maximum Gasteiger partial charge on any atom is 0.707 e. The molecule has 0 aliphatic carbocycles. The van der Waals surface area contributed by atoms with Crippen molar-refractivity contribution in [3.63, 3.8) is 0 Å². The summed E-state index contributed by atoms with van der Waals surface area (Å²) in [6.45, 7) is 10.6. The van der Waals surface area contributed by atoms with Crippen LogP contribution in [0.1, 0.15) is 46.4 Å². The Morgan fingerprint density at radius 3 is 2.28 bits per heavy atom. The fourth-order valence-corrected chi connectivity index (χ4v) is 3.36. The Balaban J connectivity index is 2.30. The van der Waals surface area contributed by atoms with Gasteiger partial charge in [0.05, 0.1) is 17.1 Å². The third-order valence-corrected chi connectivity index (χ3v) is 4.42. The van der Waals surface area contributed by atoms with Gasteiger partial charge in [0.15, 0.2) is 5.13 Å². The largest absolute Gasteiger partial charge is 0.707 e. The molecular weight excluding hydrogens is 437 g/mol. The molecule has 1 heterocycles. The smallest absolute Gasteiger partial charge is 0.512 e. The minimum atomic E-state index is -1.97. The molecular formula is C20H28BN3O7S. The quantitative estimate of drug-likeness (QED) is 0.475. The normalized spacial score (nSPS) is 11.5. The molecule has 0 spiro atoms. The Hall–Kier alpha value is -2.83. The van der Waals surface area contributed by atoms with E-state index in [4.69, 9.17) is 24.2 Å². The van der Waals surface area contributed by atoms with Crippen molar-refractivity contribution in [1.29, 1.82) is 0 Å². The second kappa shape index (κ2) is 10.2. The van der Waals surface area contributed by atoms with Crippen LogP contribution in [0.25, 0.3) is 11.3 Å². The standard InChI is InChI=1S/C20H28BN3O7S/c1-19(2,3)29-17(25)22-11-14-15(12-8-7-9-13(10-12)31-21(27)28)23-16(32-14)24-18(26)30-20(4,5)6/h7-10,27-28H,11H2,1-6H3,(H,22,25)(H,23,24,26). The molecule has 2 rings (SSSR count). The summed E-state index contributed by atoms with van der Waals surface area (Å²) in [6, 6.07) is 6.49. The summed E-state index contributed by atoms with van der Waals surface area (Å²) in [4.78, 5) is 29.3. The highest BCUT2D eigenvalue weighted by Gasteiger charge is 2.22. The van der Waals surface area contributed by atoms with Gasteiger partial charge in [-0.15, -0.1) is 0 Å². The summed E-state index contributed by atoms with van der Waals surface area (Å²) in [5.41, 5.74) is -0.282. The van der Waals surface area contributed by atoms with Gasteiger partial charge in [0.25, 0.3) is 0 Å². The zero-order valence-electron chi connectivity index (χ0n) is 18.9. The third kappa shape index (κ3) is 8.73. The summed E-state index contributed by atoms with van der Waals surface area (Å²) >= 11 is 1.16. The molecule has 0 unspecified atom stereocenters. The number of nitrogens with one attached hydrogen (secondary N) is 2. The van der Waals surface area contributed by atoms with E-state index in [1.165, 1.54) is 0 Å². The molecule has 0 bridgehead atoms. The first-order valence-electron chi connectivity index (χ1n) is 9.81. The predicted octanol–water partition coefficient (Wildman–Crippen LogP) is 3.53. The molecule has 0 saturated heterocycles. The van der Waals surface area contributed by atoms with Gasteiger partial charge in [-0.1, -0.05) is 23.5 Å². The molecule has 0 saturated carbocycles. The highest BCUT2D eigenvalue weighted by Crippen LogP contribution is 2.33. The van der Waals surface area contributed by atoms with Crippen molar-refractivity contribution in [1.82, 2.24) is 10.3 Å². The number of amides is 2. The van der Waals surface area contributed by atoms with Crippen LogP contribution in [0.5, 0.6) is 5.75 Å². The van der Waals surface area contributed by atoms with E-state index in [0.29, 0.717) is 16.1 Å². The fraction of sp³-hybridized carbons (Fsp3) is 0.450. The molecule has 2 aromatic rings. The summed E-state index contributed by atoms with van der Waals surface area (Å²) in [5, 5.41) is 23.6. The predicted molar refractivity (Wildman–Crippen MR) is 121 cm³/mol. The van der Waals surface area contributed by atoms with Crippen molar-refractivity contribution < 1.29 is 33.8 Å². The van der Waals surface area contributed by atoms with E-state index >= 15 is 0 Å². The zero-order chi connectivity index (χ0) is 24.1. The molecule has 1 aromatic heterocycles. The van der Waals surface area contributed by atoms with Crippen LogP contribution in [0.4, 0.5) is 14.7 Å². The number of hydrogen-bond donors (Lipinski definition) is 4. The van der Waals surface area contributed by atoms with Gasteiger partial charge < -0.3 is 29.5 Å². The minimum Gasteiger partial charge on any atom is -0.512 e. The lowest BCUT2D eigenvalue weighted by molar-refractivity contribution is 0.0523. The van der Waals surface area contributed by atoms with Gasteiger partial charge in [-0.2, -0.15) is 0 Å². The summed E-state index contributed by atoms with van der Waals surface area (Å²) < 4.78 is 15.4. The number of nitrogens with zero attached hydrogens (tertiary/aromatic N) is 1. The third-order valence-electron chi connectivity index (χ3n) is 3.45. The van der Waals surface area contributed by atoms with Crippen LogP contribution in [0, 0.1) is 0 Å². The van der Waals surface area contributed by atoms with Gasteiger partial charge in [-0.05, 0) is 53.7 Å². The summed E-state index contributed by atoms with van der Waals surface area (Å²) in [5.74, 6) is 0.207. The van der Waals surface area contributed by atoms with Crippen LogP contribution < -0.4 is 15.3 Å². The van der Waals surface area contributed by atoms with Gasteiger partial charge in [-0.3, -0.25) is 5.32 Å². The van der Waals surface area contributed by atoms with Crippen molar-refractivity contribution in [3.8, 4) is 17.0 Å². The van der Waals surface area contributed by atoms with Crippen molar-refractivity contribution in [3.05, 3.63) is 29.1 Å². The van der Waals surface area contributed by atoms with E-state index < -0.39 is 30.7 Å². The second-order valence-electron chi connectivity index (χ2n) is 8.75. The van der Waals surface area contributed by atoms with Crippen LogP contribution in [-0.2, 0) is 16.0 Å². The van der Waals surface area contributed by atoms with E-state index in [2.05, 4.69) is 15.6 Å². The Morgan fingerprint density at radius 2 is 1.69 bits per heavy atom. The first-order chi connectivity index (χ1) is 14.7. The number of anilines is 1. The maximum absolute atomic E-state index is 12.2. The van der Waals surface area contributed by atoms with E-state index in [1.807, 2.05) is 0 Å². The number of hydrogen-bond acceptors (Lipinski definition) is 9. The van der Waals surface area contributed by atoms with Gasteiger partial charge in [0.1, 0.15) is 17.0 Å². The number of carbonyl (C=O) groups excluding carboxylic acids is 2. The topological polar surface area (TPSA) is 139 Å². The lowest BCUT2D eigenvalue weighted by Crippen LogP contribution is -2.32. The number of aromatic nitrogens is 1. The maximum atomic E-state index is 12.2. The number of alkyl carbamates (subject to hydrolysis) is 1. The van der Waals surface area contributed by atoms with Crippen LogP contribution in [0.2, 0.25) is 0 Å². The molecule has 1 aromatic carbocycles. The minimum absolute atomic E-state index is 0.0889. The molecule has 12 heteroatoms. The number of thiazole rings is 1. The van der Waals surface area contributed by atoms with Gasteiger partial charge in [0.2, 0.25) is 0 Å².